The molecule has 4 nitrogen and oxygen atoms in total. The van der Waals surface area contributed by atoms with Crippen molar-refractivity contribution in [3.63, 3.8) is 0 Å². The maximum atomic E-state index is 12.6. The summed E-state index contributed by atoms with van der Waals surface area (Å²) in [5, 5.41) is 0. The number of carbonyl (C=O) groups is 1. The highest BCUT2D eigenvalue weighted by Crippen LogP contribution is 2.29. The number of alkyl halides is 3. The minimum absolute atomic E-state index is 0.115. The SMILES string of the molecule is CN(CCN1CCCC1=O)c1ccnc(C(F)(F)F)c1. The molecule has 0 atom stereocenters. The number of anilines is 1. The van der Waals surface area contributed by atoms with Gasteiger partial charge in [0.1, 0.15) is 5.69 Å². The topological polar surface area (TPSA) is 36.4 Å². The number of hydrogen-bond acceptors (Lipinski definition) is 3. The van der Waals surface area contributed by atoms with Crippen LogP contribution in [-0.4, -0.2) is 42.5 Å². The Morgan fingerprint density at radius 1 is 1.45 bits per heavy atom. The molecule has 0 aliphatic carbocycles. The van der Waals surface area contributed by atoms with Gasteiger partial charge in [-0.3, -0.25) is 9.78 Å². The first-order chi connectivity index (χ1) is 9.38. The monoisotopic (exact) mass is 287 g/mol. The molecule has 1 fully saturated rings. The predicted octanol–water partition coefficient (Wildman–Crippen LogP) is 2.16. The molecule has 0 unspecified atom stereocenters. The lowest BCUT2D eigenvalue weighted by Crippen LogP contribution is -2.34. The zero-order valence-electron chi connectivity index (χ0n) is 11.2. The fourth-order valence-corrected chi connectivity index (χ4v) is 2.15. The number of pyridine rings is 1. The Balaban J connectivity index is 1.98. The molecule has 0 saturated carbocycles. The van der Waals surface area contributed by atoms with Crippen LogP contribution < -0.4 is 4.90 Å². The molecule has 20 heavy (non-hydrogen) atoms. The Morgan fingerprint density at radius 2 is 2.20 bits per heavy atom. The third-order valence-electron chi connectivity index (χ3n) is 3.35. The van der Waals surface area contributed by atoms with Crippen molar-refractivity contribution >= 4 is 11.6 Å². The molecule has 0 bridgehead atoms. The van der Waals surface area contributed by atoms with Gasteiger partial charge in [0.15, 0.2) is 0 Å². The summed E-state index contributed by atoms with van der Waals surface area (Å²) in [7, 11) is 1.70. The first-order valence-electron chi connectivity index (χ1n) is 6.40. The smallest absolute Gasteiger partial charge is 0.373 e. The van der Waals surface area contributed by atoms with Gasteiger partial charge in [0.2, 0.25) is 5.91 Å². The first-order valence-corrected chi connectivity index (χ1v) is 6.40. The van der Waals surface area contributed by atoms with Crippen molar-refractivity contribution in [2.24, 2.45) is 0 Å². The number of halogens is 3. The van der Waals surface area contributed by atoms with Gasteiger partial charge in [-0.15, -0.1) is 0 Å². The average molecular weight is 287 g/mol. The summed E-state index contributed by atoms with van der Waals surface area (Å²) in [4.78, 5) is 18.2. The van der Waals surface area contributed by atoms with Gasteiger partial charge in [-0.25, -0.2) is 0 Å². The van der Waals surface area contributed by atoms with Crippen molar-refractivity contribution in [2.45, 2.75) is 19.0 Å². The lowest BCUT2D eigenvalue weighted by molar-refractivity contribution is -0.141. The van der Waals surface area contributed by atoms with Crippen molar-refractivity contribution in [3.8, 4) is 0 Å². The summed E-state index contributed by atoms with van der Waals surface area (Å²) in [5.41, 5.74) is -0.460. The summed E-state index contributed by atoms with van der Waals surface area (Å²) >= 11 is 0. The maximum Gasteiger partial charge on any atom is 0.433 e. The third-order valence-corrected chi connectivity index (χ3v) is 3.35. The van der Waals surface area contributed by atoms with Gasteiger partial charge in [0.25, 0.3) is 0 Å². The zero-order valence-corrected chi connectivity index (χ0v) is 11.2. The van der Waals surface area contributed by atoms with E-state index in [9.17, 15) is 18.0 Å². The van der Waals surface area contributed by atoms with E-state index in [2.05, 4.69) is 4.98 Å². The predicted molar refractivity (Wildman–Crippen MR) is 68.3 cm³/mol. The molecular formula is C13H16F3N3O. The van der Waals surface area contributed by atoms with Crippen LogP contribution in [0.25, 0.3) is 0 Å². The highest BCUT2D eigenvalue weighted by atomic mass is 19.4. The molecule has 2 heterocycles. The zero-order chi connectivity index (χ0) is 14.8. The minimum Gasteiger partial charge on any atom is -0.373 e. The number of rotatable bonds is 4. The van der Waals surface area contributed by atoms with Crippen molar-refractivity contribution < 1.29 is 18.0 Å². The van der Waals surface area contributed by atoms with Crippen LogP contribution in [0.5, 0.6) is 0 Å². The van der Waals surface area contributed by atoms with E-state index in [1.807, 2.05) is 0 Å². The van der Waals surface area contributed by atoms with Crippen LogP contribution in [0.3, 0.4) is 0 Å². The Bertz CT molecular complexity index is 490. The van der Waals surface area contributed by atoms with Crippen LogP contribution in [0.1, 0.15) is 18.5 Å². The molecule has 1 amide bonds. The number of amides is 1. The summed E-state index contributed by atoms with van der Waals surface area (Å²) in [6.45, 7) is 1.75. The van der Waals surface area contributed by atoms with E-state index >= 15 is 0 Å². The van der Waals surface area contributed by atoms with Crippen LogP contribution in [-0.2, 0) is 11.0 Å². The number of aromatic nitrogens is 1. The van der Waals surface area contributed by atoms with E-state index in [1.54, 1.807) is 16.8 Å². The molecule has 110 valence electrons. The lowest BCUT2D eigenvalue weighted by atomic mass is 10.3. The molecule has 7 heteroatoms. The lowest BCUT2D eigenvalue weighted by Gasteiger charge is -2.23. The third kappa shape index (κ3) is 3.40. The van der Waals surface area contributed by atoms with Crippen molar-refractivity contribution in [2.75, 3.05) is 31.6 Å². The highest BCUT2D eigenvalue weighted by Gasteiger charge is 2.32. The van der Waals surface area contributed by atoms with Gasteiger partial charge >= 0.3 is 6.18 Å². The number of likely N-dealkylation sites (tertiary alicyclic amines) is 1. The molecule has 1 aromatic rings. The van der Waals surface area contributed by atoms with E-state index in [0.29, 0.717) is 25.2 Å². The first kappa shape index (κ1) is 14.6. The molecule has 1 saturated heterocycles. The van der Waals surface area contributed by atoms with Crippen molar-refractivity contribution in [1.82, 2.24) is 9.88 Å². The fraction of sp³-hybridized carbons (Fsp3) is 0.538. The van der Waals surface area contributed by atoms with Gasteiger partial charge in [-0.05, 0) is 18.6 Å². The van der Waals surface area contributed by atoms with E-state index in [4.69, 9.17) is 0 Å². The van der Waals surface area contributed by atoms with E-state index in [-0.39, 0.29) is 5.91 Å². The number of carbonyl (C=O) groups excluding carboxylic acids is 1. The van der Waals surface area contributed by atoms with Crippen LogP contribution in [0.4, 0.5) is 18.9 Å². The van der Waals surface area contributed by atoms with Gasteiger partial charge < -0.3 is 9.80 Å². The summed E-state index contributed by atoms with van der Waals surface area (Å²) < 4.78 is 37.7. The van der Waals surface area contributed by atoms with E-state index in [1.165, 1.54) is 6.07 Å². The average Bonchev–Trinajstić information content (AvgIpc) is 2.81. The second-order valence-corrected chi connectivity index (χ2v) is 4.80. The Kier molecular flexibility index (Phi) is 4.15. The summed E-state index contributed by atoms with van der Waals surface area (Å²) in [5.74, 6) is 0.115. The van der Waals surface area contributed by atoms with Crippen LogP contribution in [0.15, 0.2) is 18.3 Å². The number of hydrogen-bond donors (Lipinski definition) is 0. The highest BCUT2D eigenvalue weighted by molar-refractivity contribution is 5.78. The molecule has 1 aliphatic heterocycles. The second kappa shape index (κ2) is 5.68. The summed E-state index contributed by atoms with van der Waals surface area (Å²) in [6.07, 6.45) is -1.87. The molecule has 0 N–H and O–H groups in total. The van der Waals surface area contributed by atoms with Crippen LogP contribution in [0, 0.1) is 0 Å². The van der Waals surface area contributed by atoms with Gasteiger partial charge in [-0.2, -0.15) is 13.2 Å². The standard InChI is InChI=1S/C13H16F3N3O/c1-18(7-8-19-6-2-3-12(19)20)10-4-5-17-11(9-10)13(14,15)16/h4-5,9H,2-3,6-8H2,1H3. The molecule has 2 rings (SSSR count). The van der Waals surface area contributed by atoms with Crippen molar-refractivity contribution in [1.29, 1.82) is 0 Å². The molecular weight excluding hydrogens is 271 g/mol. The summed E-state index contributed by atoms with van der Waals surface area (Å²) in [6, 6.07) is 2.55. The Morgan fingerprint density at radius 3 is 2.80 bits per heavy atom. The maximum absolute atomic E-state index is 12.6. The van der Waals surface area contributed by atoms with E-state index in [0.717, 1.165) is 25.2 Å². The van der Waals surface area contributed by atoms with E-state index < -0.39 is 11.9 Å². The van der Waals surface area contributed by atoms with Crippen LogP contribution in [0.2, 0.25) is 0 Å². The normalized spacial score (nSPS) is 15.8. The largest absolute Gasteiger partial charge is 0.433 e. The Labute approximate surface area is 115 Å². The molecule has 1 aliphatic rings. The molecule has 0 aromatic carbocycles. The fourth-order valence-electron chi connectivity index (χ4n) is 2.15. The van der Waals surface area contributed by atoms with Gasteiger partial charge in [0.05, 0.1) is 0 Å². The molecule has 1 aromatic heterocycles. The molecule has 0 radical (unpaired) electrons. The Hall–Kier alpha value is -1.79. The minimum atomic E-state index is -4.44. The second-order valence-electron chi connectivity index (χ2n) is 4.80. The number of nitrogens with zero attached hydrogens (tertiary/aromatic N) is 3. The quantitative estimate of drug-likeness (QED) is 0.851. The van der Waals surface area contributed by atoms with Gasteiger partial charge in [0, 0.05) is 45.0 Å². The van der Waals surface area contributed by atoms with Crippen LogP contribution >= 0.6 is 0 Å². The number of likely N-dealkylation sites (N-methyl/N-ethyl adjacent to an activating group) is 1. The van der Waals surface area contributed by atoms with Crippen molar-refractivity contribution in [3.05, 3.63) is 24.0 Å². The molecule has 0 spiro atoms. The van der Waals surface area contributed by atoms with Gasteiger partial charge in [-0.1, -0.05) is 0 Å².